The van der Waals surface area contributed by atoms with Crippen molar-refractivity contribution in [3.63, 3.8) is 0 Å². The van der Waals surface area contributed by atoms with Gasteiger partial charge < -0.3 is 0 Å². The van der Waals surface area contributed by atoms with E-state index in [0.29, 0.717) is 5.56 Å². The molecule has 1 aromatic heterocycles. The average Bonchev–Trinajstić information content (AvgIpc) is 3.00. The van der Waals surface area contributed by atoms with Crippen molar-refractivity contribution in [2.45, 2.75) is 20.8 Å². The van der Waals surface area contributed by atoms with Crippen LogP contribution in [0.1, 0.15) is 16.7 Å². The summed E-state index contributed by atoms with van der Waals surface area (Å²) in [6.07, 6.45) is 0. The van der Waals surface area contributed by atoms with E-state index in [1.165, 1.54) is 5.56 Å². The first-order valence-electron chi connectivity index (χ1n) is 9.10. The number of rotatable bonds is 3. The molecule has 0 atom stereocenters. The Balaban J connectivity index is 2.02. The van der Waals surface area contributed by atoms with Crippen molar-refractivity contribution in [1.82, 2.24) is 9.78 Å². The lowest BCUT2D eigenvalue weighted by atomic mass is 9.98. The van der Waals surface area contributed by atoms with Crippen LogP contribution in [-0.2, 0) is 0 Å². The van der Waals surface area contributed by atoms with E-state index in [0.717, 1.165) is 33.6 Å². The highest BCUT2D eigenvalue weighted by Crippen LogP contribution is 2.31. The van der Waals surface area contributed by atoms with E-state index < -0.39 is 0 Å². The van der Waals surface area contributed by atoms with Crippen LogP contribution in [0.2, 0.25) is 0 Å². The molecule has 0 unspecified atom stereocenters. The van der Waals surface area contributed by atoms with Crippen molar-refractivity contribution >= 4 is 0 Å². The summed E-state index contributed by atoms with van der Waals surface area (Å²) in [5.41, 5.74) is 7.73. The van der Waals surface area contributed by atoms with E-state index >= 15 is 0 Å². The zero-order valence-corrected chi connectivity index (χ0v) is 15.8. The third-order valence-electron chi connectivity index (χ3n) is 4.91. The van der Waals surface area contributed by atoms with E-state index in [1.807, 2.05) is 74.5 Å². The van der Waals surface area contributed by atoms with Gasteiger partial charge in [-0.05, 0) is 49.6 Å². The third kappa shape index (κ3) is 3.13. The summed E-state index contributed by atoms with van der Waals surface area (Å²) in [4.78, 5) is 13.4. The number of hydrogen-bond acceptors (Lipinski definition) is 1. The predicted molar refractivity (Wildman–Crippen MR) is 111 cm³/mol. The summed E-state index contributed by atoms with van der Waals surface area (Å²) in [5.74, 6) is 0. The van der Waals surface area contributed by atoms with E-state index in [1.54, 1.807) is 4.68 Å². The van der Waals surface area contributed by atoms with Crippen molar-refractivity contribution in [1.29, 1.82) is 0 Å². The summed E-state index contributed by atoms with van der Waals surface area (Å²) in [6, 6.07) is 24.2. The minimum Gasteiger partial charge on any atom is -0.290 e. The SMILES string of the molecule is Cc1ccc(-c2c(-c3ccccc3C)[nH]n(-c3cccc(C)c3)c2=O)cc1. The van der Waals surface area contributed by atoms with Gasteiger partial charge in [0, 0.05) is 5.56 Å². The molecule has 0 aliphatic heterocycles. The van der Waals surface area contributed by atoms with Crippen LogP contribution in [0.3, 0.4) is 0 Å². The molecule has 1 N–H and O–H groups in total. The van der Waals surface area contributed by atoms with Gasteiger partial charge in [0.15, 0.2) is 0 Å². The number of H-pyrrole nitrogens is 1. The topological polar surface area (TPSA) is 37.8 Å². The Labute approximate surface area is 158 Å². The molecule has 0 aliphatic carbocycles. The van der Waals surface area contributed by atoms with Crippen LogP contribution in [-0.4, -0.2) is 9.78 Å². The first-order valence-corrected chi connectivity index (χ1v) is 9.10. The Morgan fingerprint density at radius 2 is 1.52 bits per heavy atom. The van der Waals surface area contributed by atoms with Crippen molar-refractivity contribution in [3.05, 3.63) is 99.8 Å². The number of aromatic nitrogens is 2. The van der Waals surface area contributed by atoms with Gasteiger partial charge in [0.05, 0.1) is 16.9 Å². The van der Waals surface area contributed by atoms with Crippen LogP contribution in [0, 0.1) is 20.8 Å². The van der Waals surface area contributed by atoms with Crippen LogP contribution < -0.4 is 5.56 Å². The van der Waals surface area contributed by atoms with Crippen molar-refractivity contribution < 1.29 is 0 Å². The minimum absolute atomic E-state index is 0.0392. The standard InChI is InChI=1S/C24H22N2O/c1-16-11-13-19(14-12-16)22-23(21-10-5-4-8-18(21)3)25-26(24(22)27)20-9-6-7-17(2)15-20/h4-15,25H,1-3H3. The number of aromatic amines is 1. The van der Waals surface area contributed by atoms with Gasteiger partial charge in [0.25, 0.3) is 5.56 Å². The molecule has 0 radical (unpaired) electrons. The maximum Gasteiger partial charge on any atom is 0.279 e. The molecule has 0 saturated carbocycles. The monoisotopic (exact) mass is 354 g/mol. The summed E-state index contributed by atoms with van der Waals surface area (Å²) >= 11 is 0. The molecule has 0 spiro atoms. The van der Waals surface area contributed by atoms with E-state index in [4.69, 9.17) is 0 Å². The van der Waals surface area contributed by atoms with Crippen molar-refractivity contribution in [2.24, 2.45) is 0 Å². The zero-order valence-electron chi connectivity index (χ0n) is 15.8. The molecule has 4 aromatic rings. The van der Waals surface area contributed by atoms with Crippen LogP contribution in [0.5, 0.6) is 0 Å². The average molecular weight is 354 g/mol. The second-order valence-electron chi connectivity index (χ2n) is 7.02. The summed E-state index contributed by atoms with van der Waals surface area (Å²) in [5, 5.41) is 3.37. The van der Waals surface area contributed by atoms with Crippen LogP contribution in [0.25, 0.3) is 28.1 Å². The first-order chi connectivity index (χ1) is 13.0. The quantitative estimate of drug-likeness (QED) is 0.524. The number of hydrogen-bond donors (Lipinski definition) is 1. The fourth-order valence-electron chi connectivity index (χ4n) is 3.42. The Hall–Kier alpha value is -3.33. The number of aryl methyl sites for hydroxylation is 3. The molecule has 3 aromatic carbocycles. The Morgan fingerprint density at radius 3 is 2.22 bits per heavy atom. The van der Waals surface area contributed by atoms with Gasteiger partial charge in [-0.15, -0.1) is 0 Å². The second kappa shape index (κ2) is 6.76. The highest BCUT2D eigenvalue weighted by Gasteiger charge is 2.19. The van der Waals surface area contributed by atoms with Crippen LogP contribution in [0.4, 0.5) is 0 Å². The summed E-state index contributed by atoms with van der Waals surface area (Å²) in [7, 11) is 0. The second-order valence-corrected chi connectivity index (χ2v) is 7.02. The third-order valence-corrected chi connectivity index (χ3v) is 4.91. The van der Waals surface area contributed by atoms with Crippen LogP contribution in [0.15, 0.2) is 77.6 Å². The fourth-order valence-corrected chi connectivity index (χ4v) is 3.42. The summed E-state index contributed by atoms with van der Waals surface area (Å²) < 4.78 is 1.64. The molecule has 1 heterocycles. The lowest BCUT2D eigenvalue weighted by Crippen LogP contribution is -2.15. The molecule has 0 aliphatic rings. The number of nitrogens with one attached hydrogen (secondary N) is 1. The maximum atomic E-state index is 13.4. The fraction of sp³-hybridized carbons (Fsp3) is 0.125. The van der Waals surface area contributed by atoms with Gasteiger partial charge in [-0.3, -0.25) is 9.89 Å². The van der Waals surface area contributed by atoms with Gasteiger partial charge in [-0.2, -0.15) is 0 Å². The smallest absolute Gasteiger partial charge is 0.279 e. The van der Waals surface area contributed by atoms with Gasteiger partial charge in [0.1, 0.15) is 0 Å². The van der Waals surface area contributed by atoms with Gasteiger partial charge in [-0.1, -0.05) is 66.2 Å². The lowest BCUT2D eigenvalue weighted by Gasteiger charge is -2.07. The van der Waals surface area contributed by atoms with E-state index in [9.17, 15) is 4.79 Å². The molecular formula is C24H22N2O. The first kappa shape index (κ1) is 17.1. The molecule has 134 valence electrons. The van der Waals surface area contributed by atoms with Gasteiger partial charge >= 0.3 is 0 Å². The minimum atomic E-state index is -0.0392. The van der Waals surface area contributed by atoms with Crippen molar-refractivity contribution in [3.8, 4) is 28.1 Å². The molecule has 27 heavy (non-hydrogen) atoms. The molecule has 0 fully saturated rings. The van der Waals surface area contributed by atoms with Gasteiger partial charge in [-0.25, -0.2) is 4.68 Å². The highest BCUT2D eigenvalue weighted by molar-refractivity contribution is 5.82. The van der Waals surface area contributed by atoms with Crippen LogP contribution >= 0.6 is 0 Å². The number of nitrogens with zero attached hydrogens (tertiary/aromatic N) is 1. The Bertz CT molecular complexity index is 1160. The maximum absolute atomic E-state index is 13.4. The van der Waals surface area contributed by atoms with Crippen molar-refractivity contribution in [2.75, 3.05) is 0 Å². The normalized spacial score (nSPS) is 10.9. The lowest BCUT2D eigenvalue weighted by molar-refractivity contribution is 0.851. The largest absolute Gasteiger partial charge is 0.290 e. The molecule has 3 nitrogen and oxygen atoms in total. The summed E-state index contributed by atoms with van der Waals surface area (Å²) in [6.45, 7) is 6.14. The molecule has 0 amide bonds. The predicted octanol–water partition coefficient (Wildman–Crippen LogP) is 5.42. The van der Waals surface area contributed by atoms with E-state index in [-0.39, 0.29) is 5.56 Å². The highest BCUT2D eigenvalue weighted by atomic mass is 16.1. The molecular weight excluding hydrogens is 332 g/mol. The Kier molecular flexibility index (Phi) is 4.28. The molecule has 3 heteroatoms. The number of benzene rings is 3. The molecule has 0 saturated heterocycles. The van der Waals surface area contributed by atoms with Gasteiger partial charge in [0.2, 0.25) is 0 Å². The van der Waals surface area contributed by atoms with E-state index in [2.05, 4.69) is 24.2 Å². The molecule has 4 rings (SSSR count). The Morgan fingerprint density at radius 1 is 0.778 bits per heavy atom. The zero-order chi connectivity index (χ0) is 19.0. The molecule has 0 bridgehead atoms.